The summed E-state index contributed by atoms with van der Waals surface area (Å²) in [6.45, 7) is 2.66. The molecule has 7 nitrogen and oxygen atoms in total. The van der Waals surface area contributed by atoms with Crippen molar-refractivity contribution >= 4 is 17.6 Å². The fourth-order valence-corrected chi connectivity index (χ4v) is 3.12. The Morgan fingerprint density at radius 3 is 3.05 bits per heavy atom. The topological polar surface area (TPSA) is 91.8 Å². The van der Waals surface area contributed by atoms with E-state index in [1.807, 2.05) is 0 Å². The summed E-state index contributed by atoms with van der Waals surface area (Å²) in [5.41, 5.74) is -0.177. The van der Waals surface area contributed by atoms with Crippen LogP contribution in [0.1, 0.15) is 30.1 Å². The Morgan fingerprint density at radius 2 is 2.36 bits per heavy atom. The molecule has 1 spiro atoms. The van der Waals surface area contributed by atoms with E-state index < -0.39 is 11.7 Å². The number of aliphatic hydroxyl groups excluding tert-OH is 1. The predicted octanol–water partition coefficient (Wildman–Crippen LogP) is 0.406. The number of amides is 2. The highest BCUT2D eigenvalue weighted by Gasteiger charge is 2.50. The molecule has 0 aromatic carbocycles. The number of β-amino-alcohol motifs (C(OH)–C–C–N with tert-alkyl or cyclic N) is 1. The lowest BCUT2D eigenvalue weighted by molar-refractivity contribution is -0.114. The first-order chi connectivity index (χ1) is 10.5. The molecule has 0 saturated carbocycles. The van der Waals surface area contributed by atoms with Gasteiger partial charge in [0.1, 0.15) is 17.5 Å². The number of likely N-dealkylation sites (tertiary alicyclic amines) is 1. The average molecular weight is 305 g/mol. The largest absolute Gasteiger partial charge is 0.388 e. The molecule has 2 N–H and O–H groups in total. The second-order valence-corrected chi connectivity index (χ2v) is 5.83. The number of nitrogens with zero attached hydrogens (tertiary/aromatic N) is 2. The fourth-order valence-electron chi connectivity index (χ4n) is 3.12. The summed E-state index contributed by atoms with van der Waals surface area (Å²) >= 11 is 0. The van der Waals surface area contributed by atoms with Crippen LogP contribution in [0.25, 0.3) is 0 Å². The number of hydrogen-bond acceptors (Lipinski definition) is 5. The zero-order chi connectivity index (χ0) is 15.7. The summed E-state index contributed by atoms with van der Waals surface area (Å²) in [4.78, 5) is 29.3. The first kappa shape index (κ1) is 14.9. The third kappa shape index (κ3) is 2.69. The van der Waals surface area contributed by atoms with Crippen LogP contribution in [0.5, 0.6) is 0 Å². The summed E-state index contributed by atoms with van der Waals surface area (Å²) in [5.74, 6) is -0.0997. The quantitative estimate of drug-likeness (QED) is 0.825. The minimum Gasteiger partial charge on any atom is -0.388 e. The molecular formula is C15H19N3O4. The van der Waals surface area contributed by atoms with Gasteiger partial charge in [0, 0.05) is 31.8 Å². The lowest BCUT2D eigenvalue weighted by atomic mass is 9.97. The van der Waals surface area contributed by atoms with Crippen molar-refractivity contribution in [2.75, 3.05) is 25.0 Å². The molecule has 7 heteroatoms. The van der Waals surface area contributed by atoms with Crippen LogP contribution >= 0.6 is 0 Å². The Kier molecular flexibility index (Phi) is 3.84. The smallest absolute Gasteiger partial charge is 0.254 e. The van der Waals surface area contributed by atoms with Gasteiger partial charge in [-0.2, -0.15) is 0 Å². The maximum absolute atomic E-state index is 12.6. The third-order valence-corrected chi connectivity index (χ3v) is 4.19. The van der Waals surface area contributed by atoms with Gasteiger partial charge in [-0.3, -0.25) is 9.59 Å². The van der Waals surface area contributed by atoms with Crippen LogP contribution in [0.4, 0.5) is 5.82 Å². The van der Waals surface area contributed by atoms with E-state index in [2.05, 4.69) is 10.3 Å². The van der Waals surface area contributed by atoms with Gasteiger partial charge in [-0.1, -0.05) is 0 Å². The fraction of sp³-hybridized carbons (Fsp3) is 0.533. The van der Waals surface area contributed by atoms with Gasteiger partial charge in [0.25, 0.3) is 5.91 Å². The summed E-state index contributed by atoms with van der Waals surface area (Å²) in [6.07, 6.45) is 2.50. The van der Waals surface area contributed by atoms with Crippen molar-refractivity contribution in [3.05, 3.63) is 23.9 Å². The Bertz CT molecular complexity index is 598. The number of ether oxygens (including phenoxy) is 1. The Hall–Kier alpha value is -1.99. The van der Waals surface area contributed by atoms with E-state index >= 15 is 0 Å². The van der Waals surface area contributed by atoms with Crippen molar-refractivity contribution in [1.29, 1.82) is 0 Å². The second kappa shape index (κ2) is 5.66. The summed E-state index contributed by atoms with van der Waals surface area (Å²) in [5, 5.41) is 12.8. The molecule has 2 atom stereocenters. The number of anilines is 1. The van der Waals surface area contributed by atoms with E-state index in [-0.39, 0.29) is 18.4 Å². The maximum Gasteiger partial charge on any atom is 0.254 e. The number of aromatic nitrogens is 1. The van der Waals surface area contributed by atoms with Gasteiger partial charge >= 0.3 is 0 Å². The number of rotatable bonds is 2. The first-order valence-electron chi connectivity index (χ1n) is 7.35. The lowest BCUT2D eigenvalue weighted by Gasteiger charge is -2.25. The molecule has 0 aliphatic carbocycles. The van der Waals surface area contributed by atoms with E-state index in [0.29, 0.717) is 24.5 Å². The monoisotopic (exact) mass is 305 g/mol. The molecule has 3 rings (SSSR count). The number of aliphatic hydroxyl groups is 1. The SMILES string of the molecule is CC(=O)Nc1cc(C(=O)N2C[C@H](O)[C@]3(CCCO3)C2)ccn1. The van der Waals surface area contributed by atoms with Gasteiger partial charge in [-0.05, 0) is 25.0 Å². The van der Waals surface area contributed by atoms with Crippen molar-refractivity contribution < 1.29 is 19.4 Å². The Labute approximate surface area is 128 Å². The van der Waals surface area contributed by atoms with Crippen LogP contribution in [0.15, 0.2) is 18.3 Å². The highest BCUT2D eigenvalue weighted by molar-refractivity contribution is 5.96. The van der Waals surface area contributed by atoms with E-state index in [1.165, 1.54) is 19.2 Å². The van der Waals surface area contributed by atoms with E-state index in [1.54, 1.807) is 11.0 Å². The van der Waals surface area contributed by atoms with Gasteiger partial charge in [0.05, 0.1) is 6.54 Å². The summed E-state index contributed by atoms with van der Waals surface area (Å²) in [6, 6.07) is 3.14. The number of hydrogen-bond donors (Lipinski definition) is 2. The standard InChI is InChI=1S/C15H19N3O4/c1-10(19)17-13-7-11(3-5-16-13)14(21)18-8-12(20)15(9-18)4-2-6-22-15/h3,5,7,12,20H,2,4,6,8-9H2,1H3,(H,16,17,19)/t12-,15-/m0/s1. The Balaban J connectivity index is 1.76. The molecule has 2 saturated heterocycles. The molecule has 0 unspecified atom stereocenters. The molecule has 2 aliphatic rings. The third-order valence-electron chi connectivity index (χ3n) is 4.19. The van der Waals surface area contributed by atoms with Crippen molar-refractivity contribution in [3.63, 3.8) is 0 Å². The Morgan fingerprint density at radius 1 is 1.55 bits per heavy atom. The molecule has 0 radical (unpaired) electrons. The number of carbonyl (C=O) groups excluding carboxylic acids is 2. The number of nitrogens with one attached hydrogen (secondary N) is 1. The molecule has 3 heterocycles. The highest BCUT2D eigenvalue weighted by atomic mass is 16.5. The van der Waals surface area contributed by atoms with Gasteiger partial charge in [0.15, 0.2) is 0 Å². The first-order valence-corrected chi connectivity index (χ1v) is 7.35. The zero-order valence-electron chi connectivity index (χ0n) is 12.4. The maximum atomic E-state index is 12.6. The van der Waals surface area contributed by atoms with Crippen LogP contribution < -0.4 is 5.32 Å². The second-order valence-electron chi connectivity index (χ2n) is 5.83. The summed E-state index contributed by atoms with van der Waals surface area (Å²) < 4.78 is 5.69. The molecular weight excluding hydrogens is 286 g/mol. The minimum absolute atomic E-state index is 0.194. The zero-order valence-corrected chi connectivity index (χ0v) is 12.4. The van der Waals surface area contributed by atoms with Crippen molar-refractivity contribution in [2.45, 2.75) is 31.5 Å². The normalized spacial score (nSPS) is 27.4. The molecule has 0 bridgehead atoms. The van der Waals surface area contributed by atoms with Crippen LogP contribution in [-0.4, -0.2) is 58.2 Å². The molecule has 1 aromatic rings. The van der Waals surface area contributed by atoms with Crippen molar-refractivity contribution in [3.8, 4) is 0 Å². The van der Waals surface area contributed by atoms with E-state index in [0.717, 1.165) is 12.8 Å². The van der Waals surface area contributed by atoms with Gasteiger partial charge in [-0.15, -0.1) is 0 Å². The van der Waals surface area contributed by atoms with Crippen LogP contribution in [0, 0.1) is 0 Å². The van der Waals surface area contributed by atoms with Gasteiger partial charge in [-0.25, -0.2) is 4.98 Å². The number of pyridine rings is 1. The minimum atomic E-state index is -0.657. The van der Waals surface area contributed by atoms with Crippen molar-refractivity contribution in [1.82, 2.24) is 9.88 Å². The highest BCUT2D eigenvalue weighted by Crippen LogP contribution is 2.35. The lowest BCUT2D eigenvalue weighted by Crippen LogP contribution is -2.41. The molecule has 2 aliphatic heterocycles. The van der Waals surface area contributed by atoms with Crippen molar-refractivity contribution in [2.24, 2.45) is 0 Å². The average Bonchev–Trinajstić information content (AvgIpc) is 3.07. The van der Waals surface area contributed by atoms with Gasteiger partial charge in [0.2, 0.25) is 5.91 Å². The van der Waals surface area contributed by atoms with Gasteiger partial charge < -0.3 is 20.1 Å². The summed E-state index contributed by atoms with van der Waals surface area (Å²) in [7, 11) is 0. The van der Waals surface area contributed by atoms with Crippen LogP contribution in [0.3, 0.4) is 0 Å². The van der Waals surface area contributed by atoms with E-state index in [9.17, 15) is 14.7 Å². The molecule has 118 valence electrons. The van der Waals surface area contributed by atoms with E-state index in [4.69, 9.17) is 4.74 Å². The molecule has 2 amide bonds. The van der Waals surface area contributed by atoms with Crippen LogP contribution in [0.2, 0.25) is 0 Å². The number of carbonyl (C=O) groups is 2. The van der Waals surface area contributed by atoms with Crippen LogP contribution in [-0.2, 0) is 9.53 Å². The molecule has 22 heavy (non-hydrogen) atoms. The molecule has 2 fully saturated rings. The molecule has 1 aromatic heterocycles. The predicted molar refractivity (Wildman–Crippen MR) is 78.4 cm³/mol.